The van der Waals surface area contributed by atoms with E-state index in [1.54, 1.807) is 0 Å². The normalized spacial score (nSPS) is 14.7. The summed E-state index contributed by atoms with van der Waals surface area (Å²) >= 11 is 0. The molecular weight excluding hydrogens is 298 g/mol. The zero-order chi connectivity index (χ0) is 16.2. The molecule has 0 N–H and O–H groups in total. The lowest BCUT2D eigenvalue weighted by Gasteiger charge is -2.25. The summed E-state index contributed by atoms with van der Waals surface area (Å²) in [5.74, 6) is 0. The Morgan fingerprint density at radius 1 is 0.583 bits per heavy atom. The first-order valence-corrected chi connectivity index (χ1v) is 8.15. The molecule has 0 aliphatic carbocycles. The van der Waals surface area contributed by atoms with Crippen LogP contribution < -0.4 is 4.90 Å². The summed E-state index contributed by atoms with van der Waals surface area (Å²) in [5, 5.41) is 0. The molecule has 0 amide bonds. The van der Waals surface area contributed by atoms with Crippen molar-refractivity contribution in [3.63, 3.8) is 0 Å². The fraction of sp³-hybridized carbons (Fsp3) is 0.143. The van der Waals surface area contributed by atoms with Crippen molar-refractivity contribution in [2.45, 2.75) is 6.29 Å². The third-order valence-corrected chi connectivity index (χ3v) is 4.07. The monoisotopic (exact) mass is 317 g/mol. The van der Waals surface area contributed by atoms with E-state index >= 15 is 0 Å². The van der Waals surface area contributed by atoms with Crippen molar-refractivity contribution < 1.29 is 9.47 Å². The number of anilines is 3. The van der Waals surface area contributed by atoms with Gasteiger partial charge in [0.25, 0.3) is 0 Å². The van der Waals surface area contributed by atoms with Gasteiger partial charge >= 0.3 is 0 Å². The smallest absolute Gasteiger partial charge is 0.184 e. The van der Waals surface area contributed by atoms with Crippen LogP contribution in [0.15, 0.2) is 84.9 Å². The molecule has 120 valence electrons. The van der Waals surface area contributed by atoms with Crippen molar-refractivity contribution in [2.24, 2.45) is 0 Å². The number of rotatable bonds is 4. The van der Waals surface area contributed by atoms with Gasteiger partial charge in [-0.15, -0.1) is 0 Å². The van der Waals surface area contributed by atoms with Crippen LogP contribution in [0.2, 0.25) is 0 Å². The first kappa shape index (κ1) is 14.9. The van der Waals surface area contributed by atoms with Gasteiger partial charge in [-0.1, -0.05) is 48.5 Å². The first-order chi connectivity index (χ1) is 11.9. The molecule has 4 rings (SSSR count). The lowest BCUT2D eigenvalue weighted by molar-refractivity contribution is -0.0441. The molecule has 1 saturated heterocycles. The fourth-order valence-corrected chi connectivity index (χ4v) is 2.93. The number of ether oxygens (including phenoxy) is 2. The van der Waals surface area contributed by atoms with Crippen LogP contribution in [0.3, 0.4) is 0 Å². The Hall–Kier alpha value is -2.62. The highest BCUT2D eigenvalue weighted by molar-refractivity contribution is 5.76. The largest absolute Gasteiger partial charge is 0.346 e. The van der Waals surface area contributed by atoms with Gasteiger partial charge in [-0.25, -0.2) is 0 Å². The number of hydrogen-bond donors (Lipinski definition) is 0. The Morgan fingerprint density at radius 2 is 1.04 bits per heavy atom. The molecule has 1 heterocycles. The van der Waals surface area contributed by atoms with Gasteiger partial charge in [0, 0.05) is 22.6 Å². The maximum absolute atomic E-state index is 5.57. The molecule has 1 aliphatic heterocycles. The number of hydrogen-bond acceptors (Lipinski definition) is 3. The minimum Gasteiger partial charge on any atom is -0.346 e. The molecule has 0 saturated carbocycles. The summed E-state index contributed by atoms with van der Waals surface area (Å²) in [6.07, 6.45) is -0.235. The van der Waals surface area contributed by atoms with E-state index in [0.717, 1.165) is 22.6 Å². The predicted molar refractivity (Wildman–Crippen MR) is 95.8 cm³/mol. The lowest BCUT2D eigenvalue weighted by Crippen LogP contribution is -2.10. The van der Waals surface area contributed by atoms with E-state index in [9.17, 15) is 0 Å². The van der Waals surface area contributed by atoms with E-state index in [1.807, 2.05) is 12.1 Å². The summed E-state index contributed by atoms with van der Waals surface area (Å²) in [7, 11) is 0. The van der Waals surface area contributed by atoms with Crippen molar-refractivity contribution in [1.82, 2.24) is 0 Å². The number of benzene rings is 3. The average Bonchev–Trinajstić information content (AvgIpc) is 3.19. The molecule has 3 aromatic rings. The van der Waals surface area contributed by atoms with E-state index in [2.05, 4.69) is 77.7 Å². The average molecular weight is 317 g/mol. The van der Waals surface area contributed by atoms with Gasteiger partial charge in [0.15, 0.2) is 6.29 Å². The Kier molecular flexibility index (Phi) is 4.28. The Labute approximate surface area is 142 Å². The van der Waals surface area contributed by atoms with Gasteiger partial charge in [0.05, 0.1) is 13.2 Å². The standard InChI is InChI=1S/C21H19NO2/c1-3-7-18(8-4-1)22(19-9-5-2-6-10-19)20-13-11-17(12-14-20)21-23-15-16-24-21/h1-14,21H,15-16H2. The van der Waals surface area contributed by atoms with Crippen LogP contribution in [0.5, 0.6) is 0 Å². The molecule has 0 radical (unpaired) electrons. The molecule has 3 nitrogen and oxygen atoms in total. The summed E-state index contributed by atoms with van der Waals surface area (Å²) in [6, 6.07) is 29.1. The molecule has 3 aromatic carbocycles. The Bertz CT molecular complexity index is 726. The zero-order valence-corrected chi connectivity index (χ0v) is 13.3. The van der Waals surface area contributed by atoms with Crippen LogP contribution >= 0.6 is 0 Å². The zero-order valence-electron chi connectivity index (χ0n) is 13.3. The van der Waals surface area contributed by atoms with E-state index in [0.29, 0.717) is 13.2 Å². The van der Waals surface area contributed by atoms with Crippen LogP contribution in [-0.2, 0) is 9.47 Å². The molecule has 24 heavy (non-hydrogen) atoms. The highest BCUT2D eigenvalue weighted by Gasteiger charge is 2.19. The second kappa shape index (κ2) is 6.87. The van der Waals surface area contributed by atoms with Gasteiger partial charge in [-0.3, -0.25) is 0 Å². The van der Waals surface area contributed by atoms with Crippen LogP contribution in [0.4, 0.5) is 17.1 Å². The van der Waals surface area contributed by atoms with Gasteiger partial charge in [-0.05, 0) is 36.4 Å². The second-order valence-corrected chi connectivity index (χ2v) is 5.67. The molecule has 0 atom stereocenters. The van der Waals surface area contributed by atoms with E-state index < -0.39 is 0 Å². The van der Waals surface area contributed by atoms with Crippen molar-refractivity contribution in [2.75, 3.05) is 18.1 Å². The summed E-state index contributed by atoms with van der Waals surface area (Å²) in [6.45, 7) is 1.32. The van der Waals surface area contributed by atoms with E-state index in [1.165, 1.54) is 0 Å². The summed E-state index contributed by atoms with van der Waals surface area (Å²) in [5.41, 5.74) is 4.42. The van der Waals surface area contributed by atoms with E-state index in [-0.39, 0.29) is 6.29 Å². The fourth-order valence-electron chi connectivity index (χ4n) is 2.93. The van der Waals surface area contributed by atoms with Crippen LogP contribution in [0.1, 0.15) is 11.9 Å². The topological polar surface area (TPSA) is 21.7 Å². The summed E-state index contributed by atoms with van der Waals surface area (Å²) in [4.78, 5) is 2.24. The molecule has 1 aliphatic rings. The highest BCUT2D eigenvalue weighted by atomic mass is 16.7. The number of para-hydroxylation sites is 2. The molecular formula is C21H19NO2. The van der Waals surface area contributed by atoms with Crippen molar-refractivity contribution >= 4 is 17.1 Å². The minimum absolute atomic E-state index is 0.235. The molecule has 1 fully saturated rings. The number of nitrogens with zero attached hydrogens (tertiary/aromatic N) is 1. The quantitative estimate of drug-likeness (QED) is 0.660. The summed E-state index contributed by atoms with van der Waals surface area (Å²) < 4.78 is 11.1. The van der Waals surface area contributed by atoms with Gasteiger partial charge in [0.1, 0.15) is 0 Å². The van der Waals surface area contributed by atoms with Gasteiger partial charge in [-0.2, -0.15) is 0 Å². The van der Waals surface area contributed by atoms with Gasteiger partial charge in [0.2, 0.25) is 0 Å². The molecule has 3 heteroatoms. The van der Waals surface area contributed by atoms with Crippen LogP contribution in [-0.4, -0.2) is 13.2 Å². The van der Waals surface area contributed by atoms with Crippen LogP contribution in [0, 0.1) is 0 Å². The third kappa shape index (κ3) is 3.04. The predicted octanol–water partition coefficient (Wildman–Crippen LogP) is 5.20. The highest BCUT2D eigenvalue weighted by Crippen LogP contribution is 2.35. The minimum atomic E-state index is -0.235. The first-order valence-electron chi connectivity index (χ1n) is 8.15. The lowest BCUT2D eigenvalue weighted by atomic mass is 10.1. The molecule has 0 unspecified atom stereocenters. The molecule has 0 bridgehead atoms. The molecule has 0 aromatic heterocycles. The SMILES string of the molecule is c1ccc(N(c2ccccc2)c2ccc(C3OCCO3)cc2)cc1. The van der Waals surface area contributed by atoms with Crippen molar-refractivity contribution in [1.29, 1.82) is 0 Å². The van der Waals surface area contributed by atoms with Crippen molar-refractivity contribution in [3.8, 4) is 0 Å². The third-order valence-electron chi connectivity index (χ3n) is 4.07. The molecule has 0 spiro atoms. The Morgan fingerprint density at radius 3 is 1.54 bits per heavy atom. The van der Waals surface area contributed by atoms with E-state index in [4.69, 9.17) is 9.47 Å². The Balaban J connectivity index is 1.71. The van der Waals surface area contributed by atoms with Crippen LogP contribution in [0.25, 0.3) is 0 Å². The second-order valence-electron chi connectivity index (χ2n) is 5.67. The maximum Gasteiger partial charge on any atom is 0.184 e. The van der Waals surface area contributed by atoms with Crippen molar-refractivity contribution in [3.05, 3.63) is 90.5 Å². The van der Waals surface area contributed by atoms with Gasteiger partial charge < -0.3 is 14.4 Å². The maximum atomic E-state index is 5.57.